The number of hydrogen-bond acceptors (Lipinski definition) is 3. The Morgan fingerprint density at radius 2 is 1.82 bits per heavy atom. The quantitative estimate of drug-likeness (QED) is 0.513. The van der Waals surface area contributed by atoms with Gasteiger partial charge >= 0.3 is 0 Å². The van der Waals surface area contributed by atoms with E-state index in [4.69, 9.17) is 0 Å². The molecule has 28 heavy (non-hydrogen) atoms. The summed E-state index contributed by atoms with van der Waals surface area (Å²) in [7, 11) is -3.41. The monoisotopic (exact) mass is 410 g/mol. The number of benzene rings is 1. The molecule has 1 aromatic rings. The number of anilines is 1. The zero-order chi connectivity index (χ0) is 21.2. The Bertz CT molecular complexity index is 701. The smallest absolute Gasteiger partial charge is 0.232 e. The topological polar surface area (TPSA) is 66.5 Å². The van der Waals surface area contributed by atoms with Gasteiger partial charge in [0.05, 0.1) is 11.9 Å². The van der Waals surface area contributed by atoms with Crippen LogP contribution in [0.5, 0.6) is 0 Å². The van der Waals surface area contributed by atoms with Crippen LogP contribution >= 0.6 is 0 Å². The molecule has 0 heterocycles. The molecule has 160 valence electrons. The van der Waals surface area contributed by atoms with Gasteiger partial charge in [0.15, 0.2) is 0 Å². The lowest BCUT2D eigenvalue weighted by molar-refractivity contribution is -0.121. The number of rotatable bonds is 13. The van der Waals surface area contributed by atoms with E-state index in [-0.39, 0.29) is 11.8 Å². The number of unbranched alkanes of at least 4 members (excludes halogenated alkanes) is 1. The Kier molecular flexibility index (Phi) is 10.6. The molecule has 1 amide bonds. The summed E-state index contributed by atoms with van der Waals surface area (Å²) >= 11 is 0. The number of hydrogen-bond donors (Lipinski definition) is 1. The molecule has 0 aliphatic carbocycles. The third-order valence-corrected chi connectivity index (χ3v) is 6.30. The lowest BCUT2D eigenvalue weighted by atomic mass is 9.99. The molecular formula is C22H38N2O3S. The van der Waals surface area contributed by atoms with Crippen LogP contribution in [0, 0.1) is 5.92 Å². The average Bonchev–Trinajstić information content (AvgIpc) is 2.64. The Morgan fingerprint density at radius 3 is 2.39 bits per heavy atom. The Balaban J connectivity index is 2.65. The number of sulfonamides is 1. The van der Waals surface area contributed by atoms with E-state index < -0.39 is 10.0 Å². The fraction of sp³-hybridized carbons (Fsp3) is 0.682. The van der Waals surface area contributed by atoms with Gasteiger partial charge in [0, 0.05) is 19.5 Å². The first-order chi connectivity index (χ1) is 13.2. The van der Waals surface area contributed by atoms with E-state index in [0.29, 0.717) is 37.5 Å². The standard InChI is InChI=1S/C22H38N2O3S/c1-6-8-12-19(7-2)17-23-22(25)15-11-16-24(28(5,26)27)21-14-10-9-13-20(21)18(3)4/h9-10,13-14,18-19H,6-8,11-12,15-17H2,1-5H3,(H,23,25)/t19-/m0/s1. The molecule has 0 aliphatic rings. The predicted octanol–water partition coefficient (Wildman–Crippen LogP) is 4.69. The van der Waals surface area contributed by atoms with E-state index in [1.54, 1.807) is 0 Å². The van der Waals surface area contributed by atoms with Crippen LogP contribution in [0.2, 0.25) is 0 Å². The van der Waals surface area contributed by atoms with Crippen LogP contribution in [0.1, 0.15) is 77.7 Å². The molecule has 1 atom stereocenters. The summed E-state index contributed by atoms with van der Waals surface area (Å²) in [6.45, 7) is 9.45. The van der Waals surface area contributed by atoms with Crippen LogP contribution in [-0.4, -0.2) is 33.7 Å². The highest BCUT2D eigenvalue weighted by Crippen LogP contribution is 2.29. The highest BCUT2D eigenvalue weighted by molar-refractivity contribution is 7.92. The molecule has 0 unspecified atom stereocenters. The molecule has 0 aliphatic heterocycles. The number of nitrogens with zero attached hydrogens (tertiary/aromatic N) is 1. The largest absolute Gasteiger partial charge is 0.356 e. The first kappa shape index (κ1) is 24.5. The molecule has 0 saturated heterocycles. The Labute approximate surface area is 172 Å². The Morgan fingerprint density at radius 1 is 1.14 bits per heavy atom. The van der Waals surface area contributed by atoms with E-state index in [1.165, 1.54) is 23.4 Å². The molecule has 0 fully saturated rings. The van der Waals surface area contributed by atoms with Crippen molar-refractivity contribution in [3.8, 4) is 0 Å². The van der Waals surface area contributed by atoms with Crippen molar-refractivity contribution in [2.45, 2.75) is 72.1 Å². The molecule has 0 radical (unpaired) electrons. The fourth-order valence-corrected chi connectivity index (χ4v) is 4.33. The second-order valence-corrected chi connectivity index (χ2v) is 9.78. The molecular weight excluding hydrogens is 372 g/mol. The molecule has 1 rings (SSSR count). The number of carbonyl (C=O) groups is 1. The molecule has 1 aromatic carbocycles. The summed E-state index contributed by atoms with van der Waals surface area (Å²) in [5.74, 6) is 0.743. The van der Waals surface area contributed by atoms with Crippen molar-refractivity contribution >= 4 is 21.6 Å². The maximum absolute atomic E-state index is 12.4. The Hall–Kier alpha value is -1.56. The van der Waals surface area contributed by atoms with Crippen molar-refractivity contribution in [3.05, 3.63) is 29.8 Å². The summed E-state index contributed by atoms with van der Waals surface area (Å²) in [4.78, 5) is 12.2. The lowest BCUT2D eigenvalue weighted by Crippen LogP contribution is -2.33. The van der Waals surface area contributed by atoms with Gasteiger partial charge in [-0.2, -0.15) is 0 Å². The van der Waals surface area contributed by atoms with Crippen molar-refractivity contribution in [2.75, 3.05) is 23.7 Å². The highest BCUT2D eigenvalue weighted by atomic mass is 32.2. The average molecular weight is 411 g/mol. The molecule has 1 N–H and O–H groups in total. The van der Waals surface area contributed by atoms with Crippen molar-refractivity contribution in [1.82, 2.24) is 5.32 Å². The summed E-state index contributed by atoms with van der Waals surface area (Å²) in [6.07, 6.45) is 6.62. The zero-order valence-electron chi connectivity index (χ0n) is 18.2. The van der Waals surface area contributed by atoms with Crippen LogP contribution in [0.4, 0.5) is 5.69 Å². The maximum Gasteiger partial charge on any atom is 0.232 e. The van der Waals surface area contributed by atoms with E-state index in [0.717, 1.165) is 18.4 Å². The normalized spacial score (nSPS) is 12.8. The van der Waals surface area contributed by atoms with Gasteiger partial charge in [0.25, 0.3) is 0 Å². The second kappa shape index (κ2) is 12.1. The van der Waals surface area contributed by atoms with Crippen LogP contribution < -0.4 is 9.62 Å². The molecule has 0 bridgehead atoms. The second-order valence-electron chi connectivity index (χ2n) is 7.87. The van der Waals surface area contributed by atoms with Gasteiger partial charge in [-0.3, -0.25) is 9.10 Å². The van der Waals surface area contributed by atoms with Crippen molar-refractivity contribution in [3.63, 3.8) is 0 Å². The lowest BCUT2D eigenvalue weighted by Gasteiger charge is -2.26. The van der Waals surface area contributed by atoms with Gasteiger partial charge in [-0.25, -0.2) is 8.42 Å². The SMILES string of the molecule is CCCC[C@H](CC)CNC(=O)CCCN(c1ccccc1C(C)C)S(C)(=O)=O. The van der Waals surface area contributed by atoms with Crippen LogP contribution in [0.25, 0.3) is 0 Å². The summed E-state index contributed by atoms with van der Waals surface area (Å²) in [6, 6.07) is 7.59. The summed E-state index contributed by atoms with van der Waals surface area (Å²) in [5, 5.41) is 3.02. The first-order valence-electron chi connectivity index (χ1n) is 10.5. The fourth-order valence-electron chi connectivity index (χ4n) is 3.34. The van der Waals surface area contributed by atoms with Crippen molar-refractivity contribution in [1.29, 1.82) is 0 Å². The highest BCUT2D eigenvalue weighted by Gasteiger charge is 2.21. The van der Waals surface area contributed by atoms with Crippen LogP contribution in [0.3, 0.4) is 0 Å². The number of carbonyl (C=O) groups excluding carboxylic acids is 1. The van der Waals surface area contributed by atoms with Crippen molar-refractivity contribution < 1.29 is 13.2 Å². The maximum atomic E-state index is 12.4. The minimum Gasteiger partial charge on any atom is -0.356 e. The zero-order valence-corrected chi connectivity index (χ0v) is 19.0. The minimum absolute atomic E-state index is 0.000504. The van der Waals surface area contributed by atoms with E-state index in [9.17, 15) is 13.2 Å². The van der Waals surface area contributed by atoms with Gasteiger partial charge in [-0.1, -0.05) is 65.2 Å². The van der Waals surface area contributed by atoms with E-state index >= 15 is 0 Å². The van der Waals surface area contributed by atoms with E-state index in [2.05, 4.69) is 33.0 Å². The first-order valence-corrected chi connectivity index (χ1v) is 12.4. The molecule has 0 saturated carbocycles. The van der Waals surface area contributed by atoms with Crippen LogP contribution in [-0.2, 0) is 14.8 Å². The number of nitrogens with one attached hydrogen (secondary N) is 1. The van der Waals surface area contributed by atoms with Gasteiger partial charge in [0.2, 0.25) is 15.9 Å². The molecule has 0 spiro atoms. The predicted molar refractivity (Wildman–Crippen MR) is 118 cm³/mol. The molecule has 5 nitrogen and oxygen atoms in total. The molecule has 0 aromatic heterocycles. The number of amides is 1. The minimum atomic E-state index is -3.41. The van der Waals surface area contributed by atoms with Gasteiger partial charge < -0.3 is 5.32 Å². The van der Waals surface area contributed by atoms with Crippen LogP contribution in [0.15, 0.2) is 24.3 Å². The summed E-state index contributed by atoms with van der Waals surface area (Å²) < 4.78 is 26.2. The van der Waals surface area contributed by atoms with Gasteiger partial charge in [-0.15, -0.1) is 0 Å². The third kappa shape index (κ3) is 8.21. The summed E-state index contributed by atoms with van der Waals surface area (Å²) in [5.41, 5.74) is 1.71. The molecule has 6 heteroatoms. The number of para-hydroxylation sites is 1. The van der Waals surface area contributed by atoms with Crippen molar-refractivity contribution in [2.24, 2.45) is 5.92 Å². The third-order valence-electron chi connectivity index (χ3n) is 5.12. The van der Waals surface area contributed by atoms with Gasteiger partial charge in [-0.05, 0) is 36.3 Å². The van der Waals surface area contributed by atoms with E-state index in [1.807, 2.05) is 24.3 Å². The van der Waals surface area contributed by atoms with Gasteiger partial charge in [0.1, 0.15) is 0 Å².